The molecule has 1 aromatic heterocycles. The lowest BCUT2D eigenvalue weighted by atomic mass is 10.2. The zero-order valence-electron chi connectivity index (χ0n) is 17.3. The Balaban J connectivity index is 1.86. The van der Waals surface area contributed by atoms with Gasteiger partial charge >= 0.3 is 5.69 Å². The molecule has 0 atom stereocenters. The molecule has 0 fully saturated rings. The van der Waals surface area contributed by atoms with Crippen molar-refractivity contribution in [1.82, 2.24) is 9.78 Å². The van der Waals surface area contributed by atoms with Gasteiger partial charge < -0.3 is 10.1 Å². The van der Waals surface area contributed by atoms with E-state index in [1.165, 1.54) is 19.1 Å². The number of amides is 1. The number of alkyl halides is 2. The van der Waals surface area contributed by atoms with Crippen molar-refractivity contribution in [3.63, 3.8) is 0 Å². The highest BCUT2D eigenvalue weighted by Crippen LogP contribution is 2.32. The summed E-state index contributed by atoms with van der Waals surface area (Å²) in [5.74, 6) is -0.257. The van der Waals surface area contributed by atoms with Gasteiger partial charge in [-0.3, -0.25) is 29.7 Å². The molecular formula is C20H17F2N5O6. The number of non-ortho nitro benzene ring substituents is 1. The molecule has 0 saturated heterocycles. The lowest BCUT2D eigenvalue weighted by Gasteiger charge is -2.11. The molecule has 11 nitrogen and oxygen atoms in total. The van der Waals surface area contributed by atoms with Crippen LogP contribution in [0.3, 0.4) is 0 Å². The monoisotopic (exact) mass is 461 g/mol. The van der Waals surface area contributed by atoms with Gasteiger partial charge in [0.25, 0.3) is 12.1 Å². The van der Waals surface area contributed by atoms with Crippen LogP contribution in [0.5, 0.6) is 11.5 Å². The normalized spacial score (nSPS) is 10.8. The number of anilines is 1. The topological polar surface area (TPSA) is 142 Å². The molecule has 0 spiro atoms. The Kier molecular flexibility index (Phi) is 6.61. The van der Waals surface area contributed by atoms with Crippen LogP contribution in [0, 0.1) is 34.1 Å². The molecule has 33 heavy (non-hydrogen) atoms. The van der Waals surface area contributed by atoms with Crippen molar-refractivity contribution < 1.29 is 28.2 Å². The highest BCUT2D eigenvalue weighted by atomic mass is 19.3. The van der Waals surface area contributed by atoms with Gasteiger partial charge in [0, 0.05) is 12.1 Å². The molecule has 0 saturated carbocycles. The van der Waals surface area contributed by atoms with Crippen LogP contribution in [0.1, 0.15) is 23.4 Å². The van der Waals surface area contributed by atoms with E-state index >= 15 is 0 Å². The van der Waals surface area contributed by atoms with Crippen molar-refractivity contribution in [1.29, 1.82) is 0 Å². The van der Waals surface area contributed by atoms with Crippen LogP contribution >= 0.6 is 0 Å². The fourth-order valence-corrected chi connectivity index (χ4v) is 3.04. The Morgan fingerprint density at radius 2 is 1.85 bits per heavy atom. The Bertz CT molecular complexity index is 1240. The van der Waals surface area contributed by atoms with Gasteiger partial charge in [-0.1, -0.05) is 18.2 Å². The van der Waals surface area contributed by atoms with Crippen LogP contribution in [0.2, 0.25) is 0 Å². The lowest BCUT2D eigenvalue weighted by Crippen LogP contribution is -2.20. The van der Waals surface area contributed by atoms with Crippen molar-refractivity contribution in [3.8, 4) is 11.5 Å². The van der Waals surface area contributed by atoms with Crippen LogP contribution in [-0.4, -0.2) is 25.5 Å². The Labute approximate surface area is 184 Å². The predicted octanol–water partition coefficient (Wildman–Crippen LogP) is 4.68. The second-order valence-electron chi connectivity index (χ2n) is 6.92. The van der Waals surface area contributed by atoms with E-state index < -0.39 is 40.1 Å². The van der Waals surface area contributed by atoms with Crippen LogP contribution in [0.15, 0.2) is 42.5 Å². The number of hydrogen-bond donors (Lipinski definition) is 1. The summed E-state index contributed by atoms with van der Waals surface area (Å²) in [5, 5.41) is 28.3. The average Bonchev–Trinajstić information content (AvgIpc) is 3.06. The maximum Gasteiger partial charge on any atom is 0.319 e. The zero-order valence-corrected chi connectivity index (χ0v) is 17.3. The summed E-state index contributed by atoms with van der Waals surface area (Å²) in [5.41, 5.74) is -1.72. The number of halogens is 2. The molecule has 2 aromatic carbocycles. The number of carbonyl (C=O) groups excluding carboxylic acids is 1. The van der Waals surface area contributed by atoms with Crippen molar-refractivity contribution in [2.24, 2.45) is 0 Å². The number of nitrogens with one attached hydrogen (secondary N) is 1. The van der Waals surface area contributed by atoms with Gasteiger partial charge in [0.1, 0.15) is 23.7 Å². The summed E-state index contributed by atoms with van der Waals surface area (Å²) in [6, 6.07) is 10.6. The molecule has 1 heterocycles. The molecule has 3 rings (SSSR count). The third-order valence-electron chi connectivity index (χ3n) is 4.59. The predicted molar refractivity (Wildman–Crippen MR) is 112 cm³/mol. The average molecular weight is 461 g/mol. The van der Waals surface area contributed by atoms with Crippen LogP contribution in [0.4, 0.5) is 25.8 Å². The van der Waals surface area contributed by atoms with Crippen molar-refractivity contribution in [2.45, 2.75) is 26.8 Å². The second kappa shape index (κ2) is 9.38. The zero-order chi connectivity index (χ0) is 24.3. The first-order chi connectivity index (χ1) is 15.6. The van der Waals surface area contributed by atoms with Crippen LogP contribution in [0.25, 0.3) is 0 Å². The number of carbonyl (C=O) groups is 1. The minimum absolute atomic E-state index is 0.00572. The quantitative estimate of drug-likeness (QED) is 0.379. The molecule has 0 aliphatic heterocycles. The van der Waals surface area contributed by atoms with Gasteiger partial charge in [-0.15, -0.1) is 0 Å². The number of nitro benzene ring substituents is 1. The van der Waals surface area contributed by atoms with E-state index in [4.69, 9.17) is 4.74 Å². The fourth-order valence-electron chi connectivity index (χ4n) is 3.04. The third-order valence-corrected chi connectivity index (χ3v) is 4.59. The first-order valence-corrected chi connectivity index (χ1v) is 9.39. The molecule has 1 amide bonds. The van der Waals surface area contributed by atoms with E-state index in [9.17, 15) is 33.8 Å². The first-order valence-electron chi connectivity index (χ1n) is 9.39. The minimum Gasteiger partial charge on any atom is -0.457 e. The maximum atomic E-state index is 13.1. The molecule has 0 bridgehead atoms. The highest BCUT2D eigenvalue weighted by Gasteiger charge is 2.31. The molecular weight excluding hydrogens is 444 g/mol. The van der Waals surface area contributed by atoms with E-state index in [0.29, 0.717) is 5.75 Å². The molecule has 3 aromatic rings. The molecule has 0 unspecified atom stereocenters. The smallest absolute Gasteiger partial charge is 0.319 e. The minimum atomic E-state index is -3.20. The van der Waals surface area contributed by atoms with Gasteiger partial charge in [0.2, 0.25) is 11.6 Å². The van der Waals surface area contributed by atoms with Gasteiger partial charge in [-0.25, -0.2) is 8.78 Å². The number of nitrogens with zero attached hydrogens (tertiary/aromatic N) is 4. The summed E-state index contributed by atoms with van der Waals surface area (Å²) in [6.45, 7) is 2.34. The number of benzene rings is 2. The molecule has 13 heteroatoms. The number of nitro groups is 2. The molecule has 1 N–H and O–H groups in total. The van der Waals surface area contributed by atoms with Gasteiger partial charge in [-0.2, -0.15) is 5.10 Å². The summed E-state index contributed by atoms with van der Waals surface area (Å²) < 4.78 is 32.6. The number of aryl methyl sites for hydroxylation is 1. The van der Waals surface area contributed by atoms with E-state index in [1.807, 2.05) is 0 Å². The summed E-state index contributed by atoms with van der Waals surface area (Å²) in [6.07, 6.45) is -3.20. The van der Waals surface area contributed by atoms with E-state index in [-0.39, 0.29) is 22.8 Å². The standard InChI is InChI=1S/C20H17F2N5O6/c1-11-5-3-4-6-16(11)33-15-8-13(7-14(9-15)26(29)30)23-17(28)10-25-12(2)19(27(31)32)18(24-25)20(21)22/h3-9,20H,10H2,1-2H3,(H,23,28). The number of aromatic nitrogens is 2. The number of ether oxygens (including phenoxy) is 1. The molecule has 0 aliphatic rings. The summed E-state index contributed by atoms with van der Waals surface area (Å²) in [4.78, 5) is 33.2. The van der Waals surface area contributed by atoms with Crippen molar-refractivity contribution in [2.75, 3.05) is 5.32 Å². The van der Waals surface area contributed by atoms with Crippen molar-refractivity contribution >= 4 is 23.0 Å². The fraction of sp³-hybridized carbons (Fsp3) is 0.200. The van der Waals surface area contributed by atoms with E-state index in [0.717, 1.165) is 16.3 Å². The van der Waals surface area contributed by atoms with E-state index in [2.05, 4.69) is 10.4 Å². The number of hydrogen-bond acceptors (Lipinski definition) is 7. The lowest BCUT2D eigenvalue weighted by molar-refractivity contribution is -0.386. The molecule has 0 radical (unpaired) electrons. The summed E-state index contributed by atoms with van der Waals surface area (Å²) in [7, 11) is 0. The SMILES string of the molecule is Cc1ccccc1Oc1cc(NC(=O)Cn2nc(C(F)F)c([N+](=O)[O-])c2C)cc([N+](=O)[O-])c1. The molecule has 0 aliphatic carbocycles. The number of para-hydroxylation sites is 1. The van der Waals surface area contributed by atoms with Crippen LogP contribution < -0.4 is 10.1 Å². The van der Waals surface area contributed by atoms with Crippen LogP contribution in [-0.2, 0) is 11.3 Å². The van der Waals surface area contributed by atoms with Gasteiger partial charge in [0.05, 0.1) is 21.6 Å². The third kappa shape index (κ3) is 5.26. The van der Waals surface area contributed by atoms with Gasteiger partial charge in [0.15, 0.2) is 0 Å². The van der Waals surface area contributed by atoms with Crippen molar-refractivity contribution in [3.05, 3.63) is 79.6 Å². The van der Waals surface area contributed by atoms with Gasteiger partial charge in [-0.05, 0) is 25.5 Å². The largest absolute Gasteiger partial charge is 0.457 e. The Morgan fingerprint density at radius 1 is 1.15 bits per heavy atom. The molecule has 172 valence electrons. The Morgan fingerprint density at radius 3 is 2.42 bits per heavy atom. The summed E-state index contributed by atoms with van der Waals surface area (Å²) >= 11 is 0. The number of rotatable bonds is 8. The Hall–Kier alpha value is -4.42. The second-order valence-corrected chi connectivity index (χ2v) is 6.92. The highest BCUT2D eigenvalue weighted by molar-refractivity contribution is 5.91. The van der Waals surface area contributed by atoms with E-state index in [1.54, 1.807) is 31.2 Å². The first kappa shape index (κ1) is 23.2. The maximum absolute atomic E-state index is 13.1.